The van der Waals surface area contributed by atoms with Crippen LogP contribution in [0.4, 0.5) is 10.1 Å². The van der Waals surface area contributed by atoms with Gasteiger partial charge in [0.25, 0.3) is 5.91 Å². The van der Waals surface area contributed by atoms with Gasteiger partial charge in [-0.25, -0.2) is 4.39 Å². The third-order valence-electron chi connectivity index (χ3n) is 4.67. The van der Waals surface area contributed by atoms with Crippen LogP contribution >= 0.6 is 35.6 Å². The molecule has 0 spiro atoms. The van der Waals surface area contributed by atoms with E-state index in [1.807, 2.05) is 0 Å². The minimum atomic E-state index is -4.06. The topological polar surface area (TPSA) is 72.9 Å². The van der Waals surface area contributed by atoms with Crippen molar-refractivity contribution >= 4 is 67.7 Å². The average Bonchev–Trinajstić information content (AvgIpc) is 3.09. The first-order chi connectivity index (χ1) is 16.2. The number of carbonyl (C=O) groups excluding carboxylic acids is 1. The number of carbonyl (C=O) groups is 1. The van der Waals surface area contributed by atoms with Crippen LogP contribution in [0.3, 0.4) is 0 Å². The van der Waals surface area contributed by atoms with Gasteiger partial charge in [-0.1, -0.05) is 59.8 Å². The molecule has 0 bridgehead atoms. The van der Waals surface area contributed by atoms with Gasteiger partial charge in [0, 0.05) is 0 Å². The molecule has 34 heavy (non-hydrogen) atoms. The molecule has 3 aromatic carbocycles. The van der Waals surface area contributed by atoms with E-state index in [0.717, 1.165) is 17.8 Å². The van der Waals surface area contributed by atoms with Crippen LogP contribution in [0.15, 0.2) is 76.5 Å². The van der Waals surface area contributed by atoms with E-state index in [4.69, 9.17) is 32.7 Å². The second kappa shape index (κ2) is 9.75. The standard InChI is InChI=1S/C23H15ClFNO5S3/c1-30-20-11-14(7-10-19(20)31-34(28,29)16-5-3-2-4-6-16)12-21-22(27)26(23(32)33-21)15-8-9-18(25)17(24)13-15/h2-13H,1H3/b21-12-. The maximum atomic E-state index is 13.5. The molecule has 0 unspecified atom stereocenters. The highest BCUT2D eigenvalue weighted by atomic mass is 35.5. The van der Waals surface area contributed by atoms with Crippen molar-refractivity contribution in [1.82, 2.24) is 0 Å². The normalized spacial score (nSPS) is 15.1. The predicted molar refractivity (Wildman–Crippen MR) is 134 cm³/mol. The van der Waals surface area contributed by atoms with Crippen LogP contribution in [0.1, 0.15) is 5.56 Å². The highest BCUT2D eigenvalue weighted by Gasteiger charge is 2.33. The monoisotopic (exact) mass is 535 g/mol. The van der Waals surface area contributed by atoms with Gasteiger partial charge in [-0.3, -0.25) is 9.69 Å². The molecule has 174 valence electrons. The van der Waals surface area contributed by atoms with Crippen LogP contribution in [0.2, 0.25) is 5.02 Å². The molecule has 4 rings (SSSR count). The van der Waals surface area contributed by atoms with Gasteiger partial charge in [0.15, 0.2) is 15.8 Å². The Labute approximate surface area is 210 Å². The van der Waals surface area contributed by atoms with Gasteiger partial charge in [0.1, 0.15) is 10.7 Å². The number of methoxy groups -OCH3 is 1. The van der Waals surface area contributed by atoms with Crippen molar-refractivity contribution in [2.75, 3.05) is 12.0 Å². The minimum absolute atomic E-state index is 0.00277. The Hall–Kier alpha value is -2.92. The Balaban J connectivity index is 1.60. The third-order valence-corrected chi connectivity index (χ3v) is 7.51. The van der Waals surface area contributed by atoms with Crippen LogP contribution in [-0.2, 0) is 14.9 Å². The SMILES string of the molecule is COc1cc(/C=C2\SC(=S)N(c3ccc(F)c(Cl)c3)C2=O)ccc1OS(=O)(=O)c1ccccc1. The maximum Gasteiger partial charge on any atom is 0.339 e. The van der Waals surface area contributed by atoms with Crippen molar-refractivity contribution in [2.45, 2.75) is 4.90 Å². The number of anilines is 1. The number of ether oxygens (including phenoxy) is 1. The van der Waals surface area contributed by atoms with Gasteiger partial charge in [0.05, 0.1) is 22.7 Å². The Kier molecular flexibility index (Phi) is 6.94. The van der Waals surface area contributed by atoms with Gasteiger partial charge in [-0.05, 0) is 54.1 Å². The molecule has 0 atom stereocenters. The molecular formula is C23H15ClFNO5S3. The van der Waals surface area contributed by atoms with E-state index in [1.165, 1.54) is 48.4 Å². The fourth-order valence-corrected chi connectivity index (χ4v) is 5.50. The minimum Gasteiger partial charge on any atom is -0.493 e. The van der Waals surface area contributed by atoms with E-state index in [0.29, 0.717) is 16.2 Å². The number of thioether (sulfide) groups is 1. The van der Waals surface area contributed by atoms with E-state index in [-0.39, 0.29) is 25.7 Å². The molecule has 0 saturated carbocycles. The first-order valence-electron chi connectivity index (χ1n) is 9.60. The molecule has 0 aromatic heterocycles. The van der Waals surface area contributed by atoms with E-state index in [1.54, 1.807) is 30.3 Å². The first-order valence-corrected chi connectivity index (χ1v) is 12.6. The van der Waals surface area contributed by atoms with Crippen molar-refractivity contribution in [2.24, 2.45) is 0 Å². The lowest BCUT2D eigenvalue weighted by Crippen LogP contribution is -2.27. The number of hydrogen-bond acceptors (Lipinski definition) is 7. The van der Waals surface area contributed by atoms with Gasteiger partial charge in [-0.15, -0.1) is 0 Å². The lowest BCUT2D eigenvalue weighted by molar-refractivity contribution is -0.113. The summed E-state index contributed by atoms with van der Waals surface area (Å²) in [6, 6.07) is 16.2. The largest absolute Gasteiger partial charge is 0.493 e. The second-order valence-corrected chi connectivity index (χ2v) is 10.5. The zero-order chi connectivity index (χ0) is 24.5. The first kappa shape index (κ1) is 24.2. The number of hydrogen-bond donors (Lipinski definition) is 0. The third kappa shape index (κ3) is 4.95. The number of thiocarbonyl (C=S) groups is 1. The summed E-state index contributed by atoms with van der Waals surface area (Å²) in [7, 11) is -2.68. The summed E-state index contributed by atoms with van der Waals surface area (Å²) in [5, 5.41) is -0.124. The molecule has 1 saturated heterocycles. The van der Waals surface area contributed by atoms with Gasteiger partial charge in [0.2, 0.25) is 0 Å². The van der Waals surface area contributed by atoms with Crippen LogP contribution in [0, 0.1) is 5.82 Å². The highest BCUT2D eigenvalue weighted by Crippen LogP contribution is 2.38. The molecule has 1 heterocycles. The van der Waals surface area contributed by atoms with Crippen molar-refractivity contribution in [3.8, 4) is 11.5 Å². The number of benzene rings is 3. The van der Waals surface area contributed by atoms with Gasteiger partial charge < -0.3 is 8.92 Å². The molecule has 0 radical (unpaired) electrons. The van der Waals surface area contributed by atoms with Gasteiger partial charge >= 0.3 is 10.1 Å². The second-order valence-electron chi connectivity index (χ2n) is 6.88. The van der Waals surface area contributed by atoms with Crippen LogP contribution in [-0.4, -0.2) is 25.8 Å². The molecule has 1 aliphatic rings. The average molecular weight is 536 g/mol. The molecule has 6 nitrogen and oxygen atoms in total. The molecule has 3 aromatic rings. The summed E-state index contributed by atoms with van der Waals surface area (Å²) in [4.78, 5) is 14.5. The van der Waals surface area contributed by atoms with Gasteiger partial charge in [-0.2, -0.15) is 8.42 Å². The highest BCUT2D eigenvalue weighted by molar-refractivity contribution is 8.27. The van der Waals surface area contributed by atoms with E-state index >= 15 is 0 Å². The fourth-order valence-electron chi connectivity index (χ4n) is 3.06. The molecule has 11 heteroatoms. The van der Waals surface area contributed by atoms with Crippen LogP contribution in [0.5, 0.6) is 11.5 Å². The van der Waals surface area contributed by atoms with Crippen LogP contribution < -0.4 is 13.8 Å². The number of nitrogens with zero attached hydrogens (tertiary/aromatic N) is 1. The van der Waals surface area contributed by atoms with E-state index < -0.39 is 21.8 Å². The van der Waals surface area contributed by atoms with Crippen molar-refractivity contribution in [3.05, 3.63) is 88.0 Å². The summed E-state index contributed by atoms with van der Waals surface area (Å²) >= 11 is 12.2. The summed E-state index contributed by atoms with van der Waals surface area (Å²) in [6.45, 7) is 0. The van der Waals surface area contributed by atoms with Crippen molar-refractivity contribution in [3.63, 3.8) is 0 Å². The smallest absolute Gasteiger partial charge is 0.339 e. The molecule has 1 fully saturated rings. The lowest BCUT2D eigenvalue weighted by Gasteiger charge is -2.14. The van der Waals surface area contributed by atoms with E-state index in [9.17, 15) is 17.6 Å². The quantitative estimate of drug-likeness (QED) is 0.229. The summed E-state index contributed by atoms with van der Waals surface area (Å²) in [5.74, 6) is -0.843. The fraction of sp³-hybridized carbons (Fsp3) is 0.0435. The van der Waals surface area contributed by atoms with Crippen molar-refractivity contribution < 1.29 is 26.5 Å². The number of rotatable bonds is 6. The Morgan fingerprint density at radius 2 is 1.79 bits per heavy atom. The zero-order valence-corrected chi connectivity index (χ0v) is 20.6. The molecule has 1 aliphatic heterocycles. The Morgan fingerprint density at radius 3 is 2.47 bits per heavy atom. The van der Waals surface area contributed by atoms with E-state index in [2.05, 4.69) is 0 Å². The summed E-state index contributed by atoms with van der Waals surface area (Å²) < 4.78 is 49.4. The molecule has 0 N–H and O–H groups in total. The number of amides is 1. The Bertz CT molecular complexity index is 1430. The molecular weight excluding hydrogens is 521 g/mol. The maximum absolute atomic E-state index is 13.5. The zero-order valence-electron chi connectivity index (χ0n) is 17.4. The lowest BCUT2D eigenvalue weighted by atomic mass is 10.2. The summed E-state index contributed by atoms with van der Waals surface area (Å²) in [6.07, 6.45) is 1.59. The molecule has 1 amide bonds. The number of halogens is 2. The summed E-state index contributed by atoms with van der Waals surface area (Å²) in [5.41, 5.74) is 0.906. The van der Waals surface area contributed by atoms with Crippen molar-refractivity contribution in [1.29, 1.82) is 0 Å². The Morgan fingerprint density at radius 1 is 1.06 bits per heavy atom. The predicted octanol–water partition coefficient (Wildman–Crippen LogP) is 5.66. The molecule has 0 aliphatic carbocycles. The van der Waals surface area contributed by atoms with Crippen LogP contribution in [0.25, 0.3) is 6.08 Å².